The van der Waals surface area contributed by atoms with E-state index >= 15 is 0 Å². The smallest absolute Gasteiger partial charge is 0.0270 e. The molecule has 2 rings (SSSR count). The Kier molecular flexibility index (Phi) is 2.59. The summed E-state index contributed by atoms with van der Waals surface area (Å²) in [5, 5.41) is 0. The molecule has 1 heterocycles. The molecule has 0 spiro atoms. The molecule has 0 saturated carbocycles. The molecule has 0 unspecified atom stereocenters. The molecular formula is C13H13N. The Morgan fingerprint density at radius 1 is 0.857 bits per heavy atom. The minimum Gasteiger partial charge on any atom is -0.265 e. The molecule has 1 atom stereocenters. The number of rotatable bonds is 2. The number of hydrogen-bond acceptors (Lipinski definition) is 1. The minimum atomic E-state index is 0.444. The highest BCUT2D eigenvalue weighted by Crippen LogP contribution is 2.22. The number of benzene rings is 1. The highest BCUT2D eigenvalue weighted by molar-refractivity contribution is 5.29. The van der Waals surface area contributed by atoms with E-state index in [0.717, 1.165) is 0 Å². The second-order valence-corrected chi connectivity index (χ2v) is 3.41. The summed E-state index contributed by atoms with van der Waals surface area (Å²) in [6.07, 6.45) is 3.68. The number of pyridine rings is 1. The van der Waals surface area contributed by atoms with E-state index in [1.54, 1.807) is 0 Å². The molecule has 14 heavy (non-hydrogen) atoms. The van der Waals surface area contributed by atoms with Crippen molar-refractivity contribution < 1.29 is 0 Å². The summed E-state index contributed by atoms with van der Waals surface area (Å²) in [7, 11) is 0. The van der Waals surface area contributed by atoms with Gasteiger partial charge in [0, 0.05) is 18.3 Å². The van der Waals surface area contributed by atoms with Gasteiger partial charge in [0.25, 0.3) is 0 Å². The molecule has 1 nitrogen and oxygen atoms in total. The van der Waals surface area contributed by atoms with Crippen LogP contribution < -0.4 is 0 Å². The van der Waals surface area contributed by atoms with Gasteiger partial charge in [0.05, 0.1) is 0 Å². The van der Waals surface area contributed by atoms with Gasteiger partial charge in [-0.05, 0) is 23.3 Å². The van der Waals surface area contributed by atoms with E-state index in [9.17, 15) is 0 Å². The van der Waals surface area contributed by atoms with Crippen LogP contribution >= 0.6 is 0 Å². The van der Waals surface area contributed by atoms with Gasteiger partial charge < -0.3 is 0 Å². The molecule has 0 N–H and O–H groups in total. The van der Waals surface area contributed by atoms with Gasteiger partial charge in [0.15, 0.2) is 0 Å². The first-order valence-electron chi connectivity index (χ1n) is 4.83. The van der Waals surface area contributed by atoms with Gasteiger partial charge >= 0.3 is 0 Å². The van der Waals surface area contributed by atoms with Gasteiger partial charge in [-0.25, -0.2) is 0 Å². The summed E-state index contributed by atoms with van der Waals surface area (Å²) >= 11 is 0. The predicted octanol–water partition coefficient (Wildman–Crippen LogP) is 3.23. The molecule has 0 aliphatic rings. The van der Waals surface area contributed by atoms with Gasteiger partial charge in [-0.2, -0.15) is 0 Å². The van der Waals surface area contributed by atoms with E-state index in [2.05, 4.69) is 48.3 Å². The Morgan fingerprint density at radius 2 is 1.43 bits per heavy atom. The zero-order valence-corrected chi connectivity index (χ0v) is 8.22. The summed E-state index contributed by atoms with van der Waals surface area (Å²) < 4.78 is 0. The molecule has 0 aliphatic carbocycles. The maximum Gasteiger partial charge on any atom is 0.0270 e. The highest BCUT2D eigenvalue weighted by Gasteiger charge is 2.06. The second-order valence-electron chi connectivity index (χ2n) is 3.41. The summed E-state index contributed by atoms with van der Waals surface area (Å²) in [6, 6.07) is 14.6. The Morgan fingerprint density at radius 3 is 2.07 bits per heavy atom. The van der Waals surface area contributed by atoms with E-state index < -0.39 is 0 Å². The summed E-state index contributed by atoms with van der Waals surface area (Å²) in [6.45, 7) is 2.21. The van der Waals surface area contributed by atoms with Crippen LogP contribution in [0.5, 0.6) is 0 Å². The van der Waals surface area contributed by atoms with Crippen LogP contribution in [0.25, 0.3) is 0 Å². The van der Waals surface area contributed by atoms with Gasteiger partial charge in [0.1, 0.15) is 0 Å². The third kappa shape index (κ3) is 1.82. The standard InChI is InChI=1S/C13H13N/c1-11(12-5-3-2-4-6-12)13-7-9-14-10-8-13/h2-11H,1H3/t11-/m0/s1. The Labute approximate surface area is 84.4 Å². The van der Waals surface area contributed by atoms with Crippen molar-refractivity contribution in [2.45, 2.75) is 12.8 Å². The largest absolute Gasteiger partial charge is 0.265 e. The van der Waals surface area contributed by atoms with Crippen LogP contribution in [0, 0.1) is 0 Å². The molecule has 0 saturated heterocycles. The first-order chi connectivity index (χ1) is 6.88. The molecular weight excluding hydrogens is 170 g/mol. The van der Waals surface area contributed by atoms with Crippen molar-refractivity contribution in [1.82, 2.24) is 4.98 Å². The van der Waals surface area contributed by atoms with Gasteiger partial charge in [-0.3, -0.25) is 4.98 Å². The van der Waals surface area contributed by atoms with E-state index in [1.165, 1.54) is 11.1 Å². The fraction of sp³-hybridized carbons (Fsp3) is 0.154. The molecule has 1 aromatic carbocycles. The van der Waals surface area contributed by atoms with Crippen molar-refractivity contribution in [3.63, 3.8) is 0 Å². The normalized spacial score (nSPS) is 12.4. The zero-order chi connectivity index (χ0) is 9.80. The summed E-state index contributed by atoms with van der Waals surface area (Å²) in [4.78, 5) is 4.02. The van der Waals surface area contributed by atoms with Crippen molar-refractivity contribution in [2.24, 2.45) is 0 Å². The van der Waals surface area contributed by atoms with Gasteiger partial charge in [-0.15, -0.1) is 0 Å². The van der Waals surface area contributed by atoms with Crippen LogP contribution in [0.4, 0.5) is 0 Å². The number of aromatic nitrogens is 1. The molecule has 1 heteroatoms. The summed E-state index contributed by atoms with van der Waals surface area (Å²) in [5.41, 5.74) is 2.66. The fourth-order valence-electron chi connectivity index (χ4n) is 1.59. The van der Waals surface area contributed by atoms with Crippen molar-refractivity contribution in [3.8, 4) is 0 Å². The molecule has 0 aliphatic heterocycles. The van der Waals surface area contributed by atoms with E-state index in [-0.39, 0.29) is 0 Å². The van der Waals surface area contributed by atoms with Crippen molar-refractivity contribution in [2.75, 3.05) is 0 Å². The maximum absolute atomic E-state index is 4.02. The first-order valence-corrected chi connectivity index (χ1v) is 4.83. The first kappa shape index (κ1) is 8.95. The fourth-order valence-corrected chi connectivity index (χ4v) is 1.59. The highest BCUT2D eigenvalue weighted by atomic mass is 14.6. The average Bonchev–Trinajstić information content (AvgIpc) is 2.30. The van der Waals surface area contributed by atoms with E-state index in [0.29, 0.717) is 5.92 Å². The monoisotopic (exact) mass is 183 g/mol. The average molecular weight is 183 g/mol. The third-order valence-electron chi connectivity index (χ3n) is 2.51. The minimum absolute atomic E-state index is 0.444. The number of nitrogens with zero attached hydrogens (tertiary/aromatic N) is 1. The number of hydrogen-bond donors (Lipinski definition) is 0. The summed E-state index contributed by atoms with van der Waals surface area (Å²) in [5.74, 6) is 0.444. The van der Waals surface area contributed by atoms with Crippen LogP contribution in [0.3, 0.4) is 0 Å². The second kappa shape index (κ2) is 4.05. The molecule has 70 valence electrons. The molecule has 0 fully saturated rings. The lowest BCUT2D eigenvalue weighted by atomic mass is 9.94. The van der Waals surface area contributed by atoms with Crippen LogP contribution in [0.1, 0.15) is 24.0 Å². The molecule has 0 amide bonds. The Balaban J connectivity index is 2.30. The van der Waals surface area contributed by atoms with E-state index in [4.69, 9.17) is 0 Å². The topological polar surface area (TPSA) is 12.9 Å². The van der Waals surface area contributed by atoms with Gasteiger partial charge in [-0.1, -0.05) is 37.3 Å². The lowest BCUT2D eigenvalue weighted by molar-refractivity contribution is 0.917. The van der Waals surface area contributed by atoms with Crippen molar-refractivity contribution in [3.05, 3.63) is 66.0 Å². The zero-order valence-electron chi connectivity index (χ0n) is 8.22. The van der Waals surface area contributed by atoms with Crippen molar-refractivity contribution >= 4 is 0 Å². The lowest BCUT2D eigenvalue weighted by Gasteiger charge is -2.11. The SMILES string of the molecule is C[C@@H](c1ccccc1)c1ccncc1. The Hall–Kier alpha value is -1.63. The molecule has 0 bridgehead atoms. The lowest BCUT2D eigenvalue weighted by Crippen LogP contribution is -1.95. The molecule has 0 radical (unpaired) electrons. The Bertz CT molecular complexity index is 341. The third-order valence-corrected chi connectivity index (χ3v) is 2.51. The van der Waals surface area contributed by atoms with Crippen LogP contribution in [0.2, 0.25) is 0 Å². The molecule has 2 aromatic rings. The van der Waals surface area contributed by atoms with Gasteiger partial charge in [0.2, 0.25) is 0 Å². The predicted molar refractivity (Wildman–Crippen MR) is 58.2 cm³/mol. The van der Waals surface area contributed by atoms with Crippen molar-refractivity contribution in [1.29, 1.82) is 0 Å². The quantitative estimate of drug-likeness (QED) is 0.696. The molecule has 1 aromatic heterocycles. The van der Waals surface area contributed by atoms with E-state index in [1.807, 2.05) is 18.5 Å². The van der Waals surface area contributed by atoms with Crippen LogP contribution in [-0.4, -0.2) is 4.98 Å². The van der Waals surface area contributed by atoms with Crippen LogP contribution in [-0.2, 0) is 0 Å². The maximum atomic E-state index is 4.02. The van der Waals surface area contributed by atoms with Crippen LogP contribution in [0.15, 0.2) is 54.9 Å².